The molecule has 1 saturated carbocycles. The monoisotopic (exact) mass is 991 g/mol. The highest BCUT2D eigenvalue weighted by molar-refractivity contribution is 7.93. The molecule has 4 aliphatic rings. The Kier molecular flexibility index (Phi) is 15.1. The van der Waals surface area contributed by atoms with Gasteiger partial charge in [-0.3, -0.25) is 29.1 Å². The number of carbonyl (C=O) groups is 5. The number of hydrogen-bond donors (Lipinski definition) is 7. The molecule has 7 rings (SSSR count). The van der Waals surface area contributed by atoms with Gasteiger partial charge in [0.2, 0.25) is 0 Å². The van der Waals surface area contributed by atoms with Gasteiger partial charge in [-0.05, 0) is 87.1 Å². The van der Waals surface area contributed by atoms with Crippen LogP contribution in [0.25, 0.3) is 0 Å². The highest BCUT2D eigenvalue weighted by atomic mass is 32.2. The van der Waals surface area contributed by atoms with Crippen LogP contribution in [0, 0.1) is 47.4 Å². The summed E-state index contributed by atoms with van der Waals surface area (Å²) in [6.45, 7) is 2.94. The number of benzene rings is 1. The molecule has 3 aromatic rings. The number of amides is 5. The molecule has 21 nitrogen and oxygen atoms in total. The number of carbonyl (C=O) groups excluding carboxylic acids is 4. The molecular weight excluding hydrogens is 939 g/mol. The summed E-state index contributed by atoms with van der Waals surface area (Å²) in [7, 11) is -7.70. The standard InChI is InChI=1S/C24H26N4O8S.C22H27N3O6S/c1-23(20(29)25-34,37(2,35)36)9-10-26-13-19-11-17(12-28(19)21(26)30)4-3-16-5-7-18(8-6-16)24(33)14-27(15-24)22(31)32;1-22(20(27)23-29,32(2,30)31)10-11-24-14-19-12-16(13-25(19)21(24)28)6-3-4-7-18(15-26)17-8-5-9-17/h5-8,11-12,33-34H,9-10,13-15H2,1-2H3,(H,25,29)(H,31,32);12-13,17-18,26,29H,5,8-11,14-15H2,1-2H3,(H,23,27)/t23-;18?,22-/m11/s1. The normalized spacial score (nSPS) is 18.1. The molecule has 23 heteroatoms. The number of sulfone groups is 2. The summed E-state index contributed by atoms with van der Waals surface area (Å²) in [6, 6.07) is 9.63. The number of rotatable bonds is 13. The van der Waals surface area contributed by atoms with Crippen molar-refractivity contribution in [2.24, 2.45) is 11.8 Å². The molecular formula is C46H53N7O14S2. The molecule has 0 bridgehead atoms. The summed E-state index contributed by atoms with van der Waals surface area (Å²) < 4.78 is 47.5. The Labute approximate surface area is 398 Å². The number of carboxylic acid groups (broad SMARTS) is 1. The molecule has 69 heavy (non-hydrogen) atoms. The average molecular weight is 992 g/mol. The quantitative estimate of drug-likeness (QED) is 0.0722. The Morgan fingerprint density at radius 2 is 1.23 bits per heavy atom. The van der Waals surface area contributed by atoms with Crippen LogP contribution in [0.2, 0.25) is 0 Å². The number of nitrogens with zero attached hydrogens (tertiary/aromatic N) is 5. The predicted octanol–water partition coefficient (Wildman–Crippen LogP) is 1.29. The first kappa shape index (κ1) is 51.7. The van der Waals surface area contributed by atoms with Crippen molar-refractivity contribution in [1.29, 1.82) is 0 Å². The van der Waals surface area contributed by atoms with E-state index in [1.807, 2.05) is 0 Å². The van der Waals surface area contributed by atoms with Crippen LogP contribution in [0.15, 0.2) is 48.8 Å². The van der Waals surface area contributed by atoms with Crippen LogP contribution >= 0.6 is 0 Å². The van der Waals surface area contributed by atoms with Crippen molar-refractivity contribution in [3.05, 3.63) is 82.4 Å². The molecule has 2 aromatic heterocycles. The van der Waals surface area contributed by atoms with Crippen LogP contribution in [0.3, 0.4) is 0 Å². The number of aliphatic hydroxyl groups excluding tert-OH is 1. The molecule has 5 amide bonds. The van der Waals surface area contributed by atoms with Crippen LogP contribution in [-0.4, -0.2) is 151 Å². The first-order chi connectivity index (χ1) is 32.4. The zero-order chi connectivity index (χ0) is 50.7. The van der Waals surface area contributed by atoms with Crippen molar-refractivity contribution in [3.63, 3.8) is 0 Å². The minimum atomic E-state index is -3.87. The van der Waals surface area contributed by atoms with Crippen LogP contribution in [0.1, 0.15) is 79.6 Å². The minimum Gasteiger partial charge on any atom is -0.465 e. The van der Waals surface area contributed by atoms with E-state index >= 15 is 0 Å². The highest BCUT2D eigenvalue weighted by Gasteiger charge is 2.47. The number of fused-ring (bicyclic) bond motifs is 2. The molecule has 1 aromatic carbocycles. The van der Waals surface area contributed by atoms with Gasteiger partial charge in [0, 0.05) is 72.0 Å². The second-order valence-electron chi connectivity index (χ2n) is 18.0. The zero-order valence-electron chi connectivity index (χ0n) is 38.2. The summed E-state index contributed by atoms with van der Waals surface area (Å²) in [5.41, 5.74) is 5.44. The molecule has 2 fully saturated rings. The topological polar surface area (TPSA) is 298 Å². The number of hydrogen-bond acceptors (Lipinski definition) is 13. The smallest absolute Gasteiger partial charge is 0.407 e. The number of nitrogens with one attached hydrogen (secondary N) is 2. The van der Waals surface area contributed by atoms with E-state index in [4.69, 9.17) is 15.5 Å². The van der Waals surface area contributed by atoms with Crippen LogP contribution in [-0.2, 0) is 48.0 Å². The molecule has 1 unspecified atom stereocenters. The zero-order valence-corrected chi connectivity index (χ0v) is 39.9. The highest BCUT2D eigenvalue weighted by Crippen LogP contribution is 2.34. The van der Waals surface area contributed by atoms with E-state index in [9.17, 15) is 51.0 Å². The van der Waals surface area contributed by atoms with Crippen molar-refractivity contribution < 1.29 is 66.5 Å². The number of aliphatic hydroxyl groups is 2. The molecule has 3 aliphatic heterocycles. The number of likely N-dealkylation sites (tertiary alicyclic amines) is 1. The molecule has 1 saturated heterocycles. The Balaban J connectivity index is 0.000000229. The van der Waals surface area contributed by atoms with Crippen molar-refractivity contribution in [2.75, 3.05) is 45.3 Å². The molecule has 1 aliphatic carbocycles. The maximum absolute atomic E-state index is 12.8. The first-order valence-electron chi connectivity index (χ1n) is 21.6. The average Bonchev–Trinajstić information content (AvgIpc) is 4.02. The molecule has 368 valence electrons. The Hall–Kier alpha value is -6.65. The van der Waals surface area contributed by atoms with Gasteiger partial charge in [-0.15, -0.1) is 0 Å². The van der Waals surface area contributed by atoms with E-state index in [1.54, 1.807) is 48.8 Å². The first-order valence-corrected chi connectivity index (χ1v) is 25.4. The van der Waals surface area contributed by atoms with Gasteiger partial charge in [0.1, 0.15) is 5.60 Å². The molecule has 3 atom stereocenters. The SMILES string of the molecule is C[C@@](CCN1Cc2cc(C#CC#CC(CO)C3CCC3)cn2C1=O)(C(=O)NO)S(C)(=O)=O.C[C@@](CCN1Cc2cc(C#Cc3ccc(C4(O)CN(C(=O)O)C4)cc3)cn2C1=O)(C(=O)NO)S(C)(=O)=O. The summed E-state index contributed by atoms with van der Waals surface area (Å²) in [6.07, 6.45) is 6.92. The summed E-state index contributed by atoms with van der Waals surface area (Å²) in [5.74, 6) is 15.8. The lowest BCUT2D eigenvalue weighted by Crippen LogP contribution is -2.60. The maximum Gasteiger partial charge on any atom is 0.407 e. The van der Waals surface area contributed by atoms with Gasteiger partial charge in [-0.1, -0.05) is 42.2 Å². The molecule has 0 spiro atoms. The second-order valence-corrected chi connectivity index (χ2v) is 22.9. The van der Waals surface area contributed by atoms with E-state index in [1.165, 1.54) is 50.2 Å². The van der Waals surface area contributed by atoms with Gasteiger partial charge in [0.15, 0.2) is 29.2 Å². The summed E-state index contributed by atoms with van der Waals surface area (Å²) in [4.78, 5) is 64.3. The second kappa shape index (κ2) is 20.1. The van der Waals surface area contributed by atoms with E-state index in [0.717, 1.165) is 30.3 Å². The summed E-state index contributed by atoms with van der Waals surface area (Å²) in [5, 5.41) is 46.8. The van der Waals surface area contributed by atoms with Gasteiger partial charge in [0.25, 0.3) is 11.8 Å². The van der Waals surface area contributed by atoms with Crippen LogP contribution < -0.4 is 11.0 Å². The minimum absolute atomic E-state index is 0.0107. The van der Waals surface area contributed by atoms with E-state index < -0.39 is 52.7 Å². The van der Waals surface area contributed by atoms with Gasteiger partial charge in [-0.2, -0.15) is 0 Å². The van der Waals surface area contributed by atoms with E-state index in [2.05, 4.69) is 35.5 Å². The summed E-state index contributed by atoms with van der Waals surface area (Å²) >= 11 is 0. The van der Waals surface area contributed by atoms with Crippen LogP contribution in [0.4, 0.5) is 14.4 Å². The Morgan fingerprint density at radius 1 is 0.768 bits per heavy atom. The molecule has 7 N–H and O–H groups in total. The van der Waals surface area contributed by atoms with Crippen molar-refractivity contribution in [3.8, 4) is 35.5 Å². The van der Waals surface area contributed by atoms with Crippen molar-refractivity contribution in [1.82, 2.24) is 34.8 Å². The van der Waals surface area contributed by atoms with E-state index in [-0.39, 0.29) is 76.7 Å². The fraction of sp³-hybridized carbons (Fsp3) is 0.457. The largest absolute Gasteiger partial charge is 0.465 e. The number of β-amino-alcohol motifs (C(OH)–C–C–N with tert-alkyl or cyclic N) is 1. The number of aromatic nitrogens is 2. The van der Waals surface area contributed by atoms with Gasteiger partial charge >= 0.3 is 18.2 Å². The third-order valence-corrected chi connectivity index (χ3v) is 17.4. The number of hydroxylamine groups is 2. The van der Waals surface area contributed by atoms with Crippen molar-refractivity contribution >= 4 is 49.6 Å². The van der Waals surface area contributed by atoms with E-state index in [0.29, 0.717) is 39.6 Å². The molecule has 5 heterocycles. The lowest BCUT2D eigenvalue weighted by molar-refractivity contribution is -0.132. The lowest BCUT2D eigenvalue weighted by atomic mass is 9.76. The van der Waals surface area contributed by atoms with Crippen molar-refractivity contribution in [2.45, 2.75) is 74.1 Å². The Morgan fingerprint density at radius 3 is 1.62 bits per heavy atom. The molecule has 0 radical (unpaired) electrons. The van der Waals surface area contributed by atoms with Gasteiger partial charge < -0.3 is 30.0 Å². The van der Waals surface area contributed by atoms with Gasteiger partial charge in [-0.25, -0.2) is 42.2 Å². The fourth-order valence-corrected chi connectivity index (χ4v) is 9.79. The predicted molar refractivity (Wildman–Crippen MR) is 245 cm³/mol. The Bertz CT molecular complexity index is 2960. The third kappa shape index (κ3) is 10.8. The lowest BCUT2D eigenvalue weighted by Gasteiger charge is -2.45. The maximum atomic E-state index is 12.8. The van der Waals surface area contributed by atoms with Gasteiger partial charge in [0.05, 0.1) is 32.8 Å². The fourth-order valence-electron chi connectivity index (χ4n) is 8.10. The third-order valence-electron chi connectivity index (χ3n) is 13.4. The van der Waals surface area contributed by atoms with Crippen LogP contribution in [0.5, 0.6) is 0 Å².